The van der Waals surface area contributed by atoms with Gasteiger partial charge in [-0.1, -0.05) is 6.92 Å². The van der Waals surface area contributed by atoms with Crippen LogP contribution in [0, 0.1) is 5.92 Å². The Hall–Kier alpha value is -1.91. The fraction of sp³-hybridized carbons (Fsp3) is 0.611. The Morgan fingerprint density at radius 3 is 2.57 bits per heavy atom. The van der Waals surface area contributed by atoms with Crippen LogP contribution < -0.4 is 20.1 Å². The zero-order valence-electron chi connectivity index (χ0n) is 13.9. The molecule has 0 saturated heterocycles. The maximum atomic E-state index is 12.4. The summed E-state index contributed by atoms with van der Waals surface area (Å²) in [6.07, 6.45) is 4.58. The Balaban J connectivity index is 1.54. The molecule has 1 fully saturated rings. The van der Waals surface area contributed by atoms with Crippen LogP contribution in [0.5, 0.6) is 11.5 Å². The molecule has 1 aliphatic heterocycles. The normalized spacial score (nSPS) is 24.6. The van der Waals surface area contributed by atoms with Gasteiger partial charge in [0.05, 0.1) is 0 Å². The number of anilines is 1. The first-order valence-corrected chi connectivity index (χ1v) is 8.58. The molecule has 0 radical (unpaired) electrons. The summed E-state index contributed by atoms with van der Waals surface area (Å²) >= 11 is 0. The van der Waals surface area contributed by atoms with Crippen LogP contribution in [0.2, 0.25) is 0 Å². The molecule has 1 heterocycles. The number of carbonyl (C=O) groups excluding carboxylic acids is 1. The second-order valence-electron chi connectivity index (χ2n) is 6.69. The lowest BCUT2D eigenvalue weighted by molar-refractivity contribution is -0.122. The van der Waals surface area contributed by atoms with Crippen molar-refractivity contribution in [2.75, 3.05) is 18.5 Å². The molecule has 1 unspecified atom stereocenters. The van der Waals surface area contributed by atoms with E-state index < -0.39 is 0 Å². The predicted molar refractivity (Wildman–Crippen MR) is 90.1 cm³/mol. The number of hydrogen-bond acceptors (Lipinski definition) is 4. The van der Waals surface area contributed by atoms with Gasteiger partial charge < -0.3 is 20.1 Å². The largest absolute Gasteiger partial charge is 0.486 e. The minimum absolute atomic E-state index is 0.0550. The number of amides is 1. The average molecular weight is 318 g/mol. The van der Waals surface area contributed by atoms with Crippen molar-refractivity contribution in [3.8, 4) is 11.5 Å². The van der Waals surface area contributed by atoms with Crippen LogP contribution in [0.25, 0.3) is 0 Å². The molecule has 5 nitrogen and oxygen atoms in total. The lowest BCUT2D eigenvalue weighted by Gasteiger charge is -2.28. The van der Waals surface area contributed by atoms with Gasteiger partial charge in [0, 0.05) is 17.8 Å². The summed E-state index contributed by atoms with van der Waals surface area (Å²) in [4.78, 5) is 12.4. The molecule has 1 aliphatic carbocycles. The fourth-order valence-corrected chi connectivity index (χ4v) is 3.18. The number of nitrogens with one attached hydrogen (secondary N) is 2. The van der Waals surface area contributed by atoms with Crippen molar-refractivity contribution < 1.29 is 14.3 Å². The molecule has 0 spiro atoms. The van der Waals surface area contributed by atoms with Crippen molar-refractivity contribution in [1.29, 1.82) is 0 Å². The molecular weight excluding hydrogens is 292 g/mol. The van der Waals surface area contributed by atoms with Gasteiger partial charge in [-0.05, 0) is 50.7 Å². The number of benzene rings is 1. The lowest BCUT2D eigenvalue weighted by Crippen LogP contribution is -2.44. The van der Waals surface area contributed by atoms with Crippen molar-refractivity contribution in [2.45, 2.75) is 51.6 Å². The van der Waals surface area contributed by atoms with E-state index >= 15 is 0 Å². The van der Waals surface area contributed by atoms with Gasteiger partial charge in [0.1, 0.15) is 19.3 Å². The number of hydrogen-bond donors (Lipinski definition) is 2. The molecule has 1 amide bonds. The Labute approximate surface area is 137 Å². The molecule has 5 heteroatoms. The summed E-state index contributed by atoms with van der Waals surface area (Å²) in [5.41, 5.74) is 0.870. The van der Waals surface area contributed by atoms with E-state index in [4.69, 9.17) is 9.47 Å². The Morgan fingerprint density at radius 1 is 1.13 bits per heavy atom. The SMILES string of the molecule is CC1CCC(NC(=O)C(C)Nc2ccc3c(c2)OCCO3)CC1. The van der Waals surface area contributed by atoms with E-state index in [2.05, 4.69) is 17.6 Å². The minimum Gasteiger partial charge on any atom is -0.486 e. The second kappa shape index (κ2) is 7.11. The molecule has 3 rings (SSSR count). The van der Waals surface area contributed by atoms with Gasteiger partial charge in [0.15, 0.2) is 11.5 Å². The Morgan fingerprint density at radius 2 is 1.83 bits per heavy atom. The predicted octanol–water partition coefficient (Wildman–Crippen LogP) is 2.95. The highest BCUT2D eigenvalue weighted by Gasteiger charge is 2.22. The summed E-state index contributed by atoms with van der Waals surface area (Å²) in [6, 6.07) is 5.73. The van der Waals surface area contributed by atoms with Crippen LogP contribution in [0.3, 0.4) is 0 Å². The molecule has 126 valence electrons. The first-order chi connectivity index (χ1) is 11.1. The summed E-state index contributed by atoms with van der Waals surface area (Å²) in [5, 5.41) is 6.41. The number of ether oxygens (including phenoxy) is 2. The topological polar surface area (TPSA) is 59.6 Å². The van der Waals surface area contributed by atoms with Crippen molar-refractivity contribution in [1.82, 2.24) is 5.32 Å². The number of rotatable bonds is 4. The third-order valence-corrected chi connectivity index (χ3v) is 4.68. The summed E-state index contributed by atoms with van der Waals surface area (Å²) in [5.74, 6) is 2.33. The molecule has 1 atom stereocenters. The Kier molecular flexibility index (Phi) is 4.94. The fourth-order valence-electron chi connectivity index (χ4n) is 3.18. The van der Waals surface area contributed by atoms with Gasteiger partial charge in [-0.2, -0.15) is 0 Å². The highest BCUT2D eigenvalue weighted by Crippen LogP contribution is 2.32. The van der Waals surface area contributed by atoms with E-state index in [1.165, 1.54) is 12.8 Å². The van der Waals surface area contributed by atoms with Gasteiger partial charge in [-0.15, -0.1) is 0 Å². The number of fused-ring (bicyclic) bond motifs is 1. The van der Waals surface area contributed by atoms with Gasteiger partial charge in [0.25, 0.3) is 0 Å². The first kappa shape index (κ1) is 16.0. The zero-order chi connectivity index (χ0) is 16.2. The molecule has 0 bridgehead atoms. The van der Waals surface area contributed by atoms with E-state index in [1.807, 2.05) is 25.1 Å². The van der Waals surface area contributed by atoms with Gasteiger partial charge >= 0.3 is 0 Å². The van der Waals surface area contributed by atoms with E-state index in [1.54, 1.807) is 0 Å². The molecular formula is C18H26N2O3. The van der Waals surface area contributed by atoms with E-state index in [-0.39, 0.29) is 11.9 Å². The maximum Gasteiger partial charge on any atom is 0.242 e. The highest BCUT2D eigenvalue weighted by molar-refractivity contribution is 5.84. The van der Waals surface area contributed by atoms with Gasteiger partial charge in [0.2, 0.25) is 5.91 Å². The summed E-state index contributed by atoms with van der Waals surface area (Å²) in [7, 11) is 0. The third kappa shape index (κ3) is 4.09. The van der Waals surface area contributed by atoms with Crippen molar-refractivity contribution in [3.05, 3.63) is 18.2 Å². The van der Waals surface area contributed by atoms with Crippen LogP contribution in [-0.4, -0.2) is 31.2 Å². The van der Waals surface area contributed by atoms with Crippen LogP contribution in [0.4, 0.5) is 5.69 Å². The molecule has 23 heavy (non-hydrogen) atoms. The summed E-state index contributed by atoms with van der Waals surface area (Å²) < 4.78 is 11.1. The van der Waals surface area contributed by atoms with Crippen molar-refractivity contribution >= 4 is 11.6 Å². The second-order valence-corrected chi connectivity index (χ2v) is 6.69. The standard InChI is InChI=1S/C18H26N2O3/c1-12-3-5-14(6-4-12)20-18(21)13(2)19-15-7-8-16-17(11-15)23-10-9-22-16/h7-8,11-14,19H,3-6,9-10H2,1-2H3,(H,20,21). The van der Waals surface area contributed by atoms with E-state index in [9.17, 15) is 4.79 Å². The van der Waals surface area contributed by atoms with E-state index in [0.29, 0.717) is 19.3 Å². The highest BCUT2D eigenvalue weighted by atomic mass is 16.6. The van der Waals surface area contributed by atoms with Gasteiger partial charge in [-0.3, -0.25) is 4.79 Å². The molecule has 1 aromatic rings. The quantitative estimate of drug-likeness (QED) is 0.896. The minimum atomic E-state index is -0.281. The lowest BCUT2D eigenvalue weighted by atomic mass is 9.87. The van der Waals surface area contributed by atoms with Gasteiger partial charge in [-0.25, -0.2) is 0 Å². The molecule has 1 saturated carbocycles. The molecule has 2 aliphatic rings. The maximum absolute atomic E-state index is 12.4. The Bertz CT molecular complexity index is 553. The van der Waals surface area contributed by atoms with Crippen molar-refractivity contribution in [2.24, 2.45) is 5.92 Å². The third-order valence-electron chi connectivity index (χ3n) is 4.68. The van der Waals surface area contributed by atoms with Crippen LogP contribution in [0.1, 0.15) is 39.5 Å². The number of carbonyl (C=O) groups is 1. The monoisotopic (exact) mass is 318 g/mol. The zero-order valence-corrected chi connectivity index (χ0v) is 13.9. The molecule has 0 aromatic heterocycles. The first-order valence-electron chi connectivity index (χ1n) is 8.58. The molecule has 2 N–H and O–H groups in total. The van der Waals surface area contributed by atoms with E-state index in [0.717, 1.165) is 35.9 Å². The van der Waals surface area contributed by atoms with Crippen molar-refractivity contribution in [3.63, 3.8) is 0 Å². The smallest absolute Gasteiger partial charge is 0.242 e. The average Bonchev–Trinajstić information content (AvgIpc) is 2.56. The summed E-state index contributed by atoms with van der Waals surface area (Å²) in [6.45, 7) is 5.31. The molecule has 1 aromatic carbocycles. The van der Waals surface area contributed by atoms with Crippen LogP contribution >= 0.6 is 0 Å². The van der Waals surface area contributed by atoms with Crippen LogP contribution in [-0.2, 0) is 4.79 Å². The van der Waals surface area contributed by atoms with Crippen LogP contribution in [0.15, 0.2) is 18.2 Å².